The van der Waals surface area contributed by atoms with E-state index in [1.54, 1.807) is 24.3 Å². The van der Waals surface area contributed by atoms with Gasteiger partial charge in [0, 0.05) is 17.1 Å². The summed E-state index contributed by atoms with van der Waals surface area (Å²) in [6, 6.07) is 6.69. The molecular weight excluding hydrogens is 354 g/mol. The molecule has 4 rings (SSSR count). The third kappa shape index (κ3) is 3.00. The van der Waals surface area contributed by atoms with Crippen LogP contribution in [0.1, 0.15) is 24.6 Å². The van der Waals surface area contributed by atoms with Gasteiger partial charge in [0.1, 0.15) is 5.69 Å². The normalized spacial score (nSPS) is 17.5. The van der Waals surface area contributed by atoms with E-state index >= 15 is 0 Å². The highest BCUT2D eigenvalue weighted by Crippen LogP contribution is 2.32. The summed E-state index contributed by atoms with van der Waals surface area (Å²) in [7, 11) is 0. The molecule has 3 aromatic rings. The van der Waals surface area contributed by atoms with E-state index in [9.17, 15) is 8.78 Å². The van der Waals surface area contributed by atoms with Crippen LogP contribution < -0.4 is 5.32 Å². The summed E-state index contributed by atoms with van der Waals surface area (Å²) < 4.78 is 33.6. The molecule has 0 bridgehead atoms. The van der Waals surface area contributed by atoms with Crippen LogP contribution in [0.25, 0.3) is 23.0 Å². The molecule has 0 aliphatic carbocycles. The quantitative estimate of drug-likeness (QED) is 0.764. The average Bonchev–Trinajstić information content (AvgIpc) is 3.33. The van der Waals surface area contributed by atoms with E-state index in [0.29, 0.717) is 23.6 Å². The van der Waals surface area contributed by atoms with Gasteiger partial charge in [-0.15, -0.1) is 5.10 Å². The van der Waals surface area contributed by atoms with Gasteiger partial charge in [-0.25, -0.2) is 13.5 Å². The third-order valence-electron chi connectivity index (χ3n) is 4.03. The Balaban J connectivity index is 1.73. The fraction of sp³-hybridized carbons (Fsp3) is 0.333. The molecule has 1 aromatic carbocycles. The highest BCUT2D eigenvalue weighted by atomic mass is 35.5. The molecule has 0 radical (unpaired) electrons. The Hall–Kier alpha value is -2.39. The summed E-state index contributed by atoms with van der Waals surface area (Å²) in [5.74, 6) is 0.150. The number of hydrogen-bond donors (Lipinski definition) is 1. The molecule has 7 nitrogen and oxygen atoms in total. The molecule has 0 saturated carbocycles. The monoisotopic (exact) mass is 366 g/mol. The van der Waals surface area contributed by atoms with Crippen molar-refractivity contribution < 1.29 is 13.3 Å². The lowest BCUT2D eigenvalue weighted by molar-refractivity contribution is 0.136. The first-order chi connectivity index (χ1) is 12.1. The molecule has 1 aliphatic rings. The van der Waals surface area contributed by atoms with Crippen molar-refractivity contribution >= 4 is 11.6 Å². The summed E-state index contributed by atoms with van der Waals surface area (Å²) in [6.45, 7) is 1.32. The van der Waals surface area contributed by atoms with Gasteiger partial charge in [0.15, 0.2) is 5.69 Å². The van der Waals surface area contributed by atoms with Crippen molar-refractivity contribution in [1.82, 2.24) is 30.5 Å². The SMILES string of the molecule is FC(F)c1c(-c2nc(-c3cccc(Cl)c3)no2)nnn1C1CCNC1. The maximum absolute atomic E-state index is 13.6. The molecule has 10 heteroatoms. The van der Waals surface area contributed by atoms with E-state index < -0.39 is 6.43 Å². The van der Waals surface area contributed by atoms with Crippen LogP contribution in [-0.4, -0.2) is 38.2 Å². The van der Waals surface area contributed by atoms with Crippen molar-refractivity contribution in [2.75, 3.05) is 13.1 Å². The topological polar surface area (TPSA) is 81.7 Å². The molecule has 1 fully saturated rings. The molecular formula is C15H13ClF2N6O. The molecule has 0 amide bonds. The van der Waals surface area contributed by atoms with Crippen molar-refractivity contribution in [3.8, 4) is 23.0 Å². The first kappa shape index (κ1) is 16.1. The lowest BCUT2D eigenvalue weighted by Crippen LogP contribution is -2.17. The highest BCUT2D eigenvalue weighted by molar-refractivity contribution is 6.30. The van der Waals surface area contributed by atoms with E-state index in [2.05, 4.69) is 25.8 Å². The minimum Gasteiger partial charge on any atom is -0.332 e. The van der Waals surface area contributed by atoms with Gasteiger partial charge in [-0.3, -0.25) is 0 Å². The van der Waals surface area contributed by atoms with Crippen LogP contribution in [0.4, 0.5) is 8.78 Å². The number of hydrogen-bond acceptors (Lipinski definition) is 6. The van der Waals surface area contributed by atoms with E-state index in [-0.39, 0.29) is 29.1 Å². The van der Waals surface area contributed by atoms with Crippen molar-refractivity contribution in [1.29, 1.82) is 0 Å². The van der Waals surface area contributed by atoms with Crippen LogP contribution in [0.5, 0.6) is 0 Å². The van der Waals surface area contributed by atoms with Crippen LogP contribution in [0, 0.1) is 0 Å². The van der Waals surface area contributed by atoms with Gasteiger partial charge in [-0.2, -0.15) is 4.98 Å². The Bertz CT molecular complexity index is 890. The molecule has 1 atom stereocenters. The zero-order valence-corrected chi connectivity index (χ0v) is 13.6. The number of benzene rings is 1. The Labute approximate surface area is 146 Å². The second kappa shape index (κ2) is 6.49. The number of halogens is 3. The number of nitrogens with zero attached hydrogens (tertiary/aromatic N) is 5. The lowest BCUT2D eigenvalue weighted by atomic mass is 10.2. The van der Waals surface area contributed by atoms with Gasteiger partial charge in [0.2, 0.25) is 5.82 Å². The second-order valence-electron chi connectivity index (χ2n) is 5.65. The molecule has 2 aromatic heterocycles. The van der Waals surface area contributed by atoms with Crippen molar-refractivity contribution in [3.05, 3.63) is 35.0 Å². The fourth-order valence-corrected chi connectivity index (χ4v) is 3.03. The molecule has 130 valence electrons. The van der Waals surface area contributed by atoms with Gasteiger partial charge >= 0.3 is 0 Å². The van der Waals surface area contributed by atoms with Gasteiger partial charge < -0.3 is 9.84 Å². The van der Waals surface area contributed by atoms with Crippen molar-refractivity contribution in [2.24, 2.45) is 0 Å². The van der Waals surface area contributed by atoms with Crippen molar-refractivity contribution in [3.63, 3.8) is 0 Å². The molecule has 0 spiro atoms. The summed E-state index contributed by atoms with van der Waals surface area (Å²) in [5.41, 5.74) is 0.214. The molecule has 3 heterocycles. The average molecular weight is 367 g/mol. The van der Waals surface area contributed by atoms with E-state index in [0.717, 1.165) is 6.54 Å². The smallest absolute Gasteiger partial charge is 0.282 e. The first-order valence-corrected chi connectivity index (χ1v) is 8.05. The molecule has 1 saturated heterocycles. The van der Waals surface area contributed by atoms with E-state index in [1.807, 2.05) is 0 Å². The fourth-order valence-electron chi connectivity index (χ4n) is 2.84. The third-order valence-corrected chi connectivity index (χ3v) is 4.26. The highest BCUT2D eigenvalue weighted by Gasteiger charge is 2.31. The molecule has 1 N–H and O–H groups in total. The van der Waals surface area contributed by atoms with Crippen molar-refractivity contribution in [2.45, 2.75) is 18.9 Å². The second-order valence-corrected chi connectivity index (χ2v) is 6.09. The first-order valence-electron chi connectivity index (χ1n) is 7.67. The molecule has 1 unspecified atom stereocenters. The van der Waals surface area contributed by atoms with Crippen LogP contribution in [0.2, 0.25) is 5.02 Å². The summed E-state index contributed by atoms with van der Waals surface area (Å²) in [4.78, 5) is 4.17. The summed E-state index contributed by atoms with van der Waals surface area (Å²) in [5, 5.41) is 15.2. The molecule has 1 aliphatic heterocycles. The zero-order chi connectivity index (χ0) is 17.4. The largest absolute Gasteiger partial charge is 0.332 e. The zero-order valence-electron chi connectivity index (χ0n) is 12.9. The number of nitrogens with one attached hydrogen (secondary N) is 1. The summed E-state index contributed by atoms with van der Waals surface area (Å²) in [6.07, 6.45) is -2.05. The van der Waals surface area contributed by atoms with Crippen LogP contribution in [0.15, 0.2) is 28.8 Å². The van der Waals surface area contributed by atoms with Crippen LogP contribution >= 0.6 is 11.6 Å². The molecule has 25 heavy (non-hydrogen) atoms. The minimum absolute atomic E-state index is 0.0947. The van der Waals surface area contributed by atoms with Gasteiger partial charge in [-0.1, -0.05) is 34.1 Å². The Morgan fingerprint density at radius 2 is 2.24 bits per heavy atom. The Morgan fingerprint density at radius 3 is 2.96 bits per heavy atom. The Morgan fingerprint density at radius 1 is 1.36 bits per heavy atom. The van der Waals surface area contributed by atoms with E-state index in [4.69, 9.17) is 16.1 Å². The van der Waals surface area contributed by atoms with Crippen LogP contribution in [-0.2, 0) is 0 Å². The summed E-state index contributed by atoms with van der Waals surface area (Å²) >= 11 is 5.94. The maximum atomic E-state index is 13.6. The van der Waals surface area contributed by atoms with E-state index in [1.165, 1.54) is 4.68 Å². The minimum atomic E-state index is -2.76. The van der Waals surface area contributed by atoms with Gasteiger partial charge in [0.05, 0.1) is 6.04 Å². The Kier molecular flexibility index (Phi) is 4.18. The van der Waals surface area contributed by atoms with Gasteiger partial charge in [-0.05, 0) is 25.1 Å². The maximum Gasteiger partial charge on any atom is 0.282 e. The van der Waals surface area contributed by atoms with Crippen LogP contribution in [0.3, 0.4) is 0 Å². The number of rotatable bonds is 4. The van der Waals surface area contributed by atoms with Gasteiger partial charge in [0.25, 0.3) is 12.3 Å². The number of alkyl halides is 2. The predicted octanol–water partition coefficient (Wildman–Crippen LogP) is 3.12. The lowest BCUT2D eigenvalue weighted by Gasteiger charge is -2.11. The number of aromatic nitrogens is 5. The predicted molar refractivity (Wildman–Crippen MR) is 85.2 cm³/mol. The standard InChI is InChI=1S/C15H13ClF2N6O/c16-9-3-1-2-8(6-9)14-20-15(25-22-14)11-12(13(17)18)24(23-21-11)10-4-5-19-7-10/h1-3,6,10,13,19H,4-5,7H2.